The van der Waals surface area contributed by atoms with Crippen molar-refractivity contribution in [3.63, 3.8) is 0 Å². The molecule has 2 rings (SSSR count). The number of hydrogen-bond acceptors (Lipinski definition) is 3. The van der Waals surface area contributed by atoms with Crippen LogP contribution in [0, 0.1) is 6.92 Å². The first-order chi connectivity index (χ1) is 8.54. The van der Waals surface area contributed by atoms with Gasteiger partial charge in [0, 0.05) is 17.1 Å². The second kappa shape index (κ2) is 5.55. The van der Waals surface area contributed by atoms with Crippen molar-refractivity contribution in [2.75, 3.05) is 5.32 Å². The minimum Gasteiger partial charge on any atom is -0.363 e. The predicted octanol–water partition coefficient (Wildman–Crippen LogP) is 4.26. The molecule has 0 spiro atoms. The summed E-state index contributed by atoms with van der Waals surface area (Å²) in [6.07, 6.45) is 0. The van der Waals surface area contributed by atoms with E-state index in [4.69, 9.17) is 23.2 Å². The highest BCUT2D eigenvalue weighted by Gasteiger charge is 2.07. The first kappa shape index (κ1) is 13.1. The quantitative estimate of drug-likeness (QED) is 0.854. The third-order valence-corrected chi connectivity index (χ3v) is 2.99. The minimum absolute atomic E-state index is 0.118. The highest BCUT2D eigenvalue weighted by molar-refractivity contribution is 6.30. The van der Waals surface area contributed by atoms with Gasteiger partial charge in [-0.05, 0) is 31.5 Å². The molecule has 1 atom stereocenters. The first-order valence-corrected chi connectivity index (χ1v) is 6.33. The third-order valence-electron chi connectivity index (χ3n) is 2.54. The molecular formula is C13H13Cl2N3. The zero-order chi connectivity index (χ0) is 13.1. The van der Waals surface area contributed by atoms with Gasteiger partial charge in [-0.3, -0.25) is 0 Å². The van der Waals surface area contributed by atoms with E-state index in [1.165, 1.54) is 0 Å². The number of benzene rings is 1. The molecule has 5 heteroatoms. The zero-order valence-corrected chi connectivity index (χ0v) is 11.6. The van der Waals surface area contributed by atoms with Crippen LogP contribution in [0.2, 0.25) is 10.2 Å². The van der Waals surface area contributed by atoms with Crippen molar-refractivity contribution in [2.24, 2.45) is 0 Å². The lowest BCUT2D eigenvalue weighted by atomic mass is 10.1. The summed E-state index contributed by atoms with van der Waals surface area (Å²) in [4.78, 5) is 8.31. The lowest BCUT2D eigenvalue weighted by molar-refractivity contribution is 0.867. The fraction of sp³-hybridized carbons (Fsp3) is 0.231. The van der Waals surface area contributed by atoms with Crippen LogP contribution in [-0.4, -0.2) is 9.97 Å². The molecule has 1 N–H and O–H groups in total. The molecule has 1 aromatic heterocycles. The van der Waals surface area contributed by atoms with Crippen LogP contribution in [0.4, 0.5) is 5.82 Å². The van der Waals surface area contributed by atoms with Gasteiger partial charge in [-0.1, -0.05) is 35.3 Å². The van der Waals surface area contributed by atoms with Gasteiger partial charge in [-0.2, -0.15) is 0 Å². The van der Waals surface area contributed by atoms with Gasteiger partial charge in [0.2, 0.25) is 0 Å². The predicted molar refractivity (Wildman–Crippen MR) is 75.3 cm³/mol. The SMILES string of the molecule is Cc1nc(Cl)cc(NC(C)c2ccc(Cl)cc2)n1. The Morgan fingerprint density at radius 1 is 1.11 bits per heavy atom. The second-order valence-corrected chi connectivity index (χ2v) is 4.86. The molecule has 0 radical (unpaired) electrons. The van der Waals surface area contributed by atoms with Gasteiger partial charge in [0.15, 0.2) is 0 Å². The van der Waals surface area contributed by atoms with Crippen molar-refractivity contribution in [1.29, 1.82) is 0 Å². The summed E-state index contributed by atoms with van der Waals surface area (Å²) in [5.41, 5.74) is 1.13. The Balaban J connectivity index is 2.15. The molecule has 94 valence electrons. The normalized spacial score (nSPS) is 12.2. The van der Waals surface area contributed by atoms with E-state index in [2.05, 4.69) is 22.2 Å². The number of aryl methyl sites for hydroxylation is 1. The van der Waals surface area contributed by atoms with E-state index in [0.717, 1.165) is 16.4 Å². The van der Waals surface area contributed by atoms with Crippen molar-refractivity contribution in [3.05, 3.63) is 51.9 Å². The van der Waals surface area contributed by atoms with Crippen LogP contribution >= 0.6 is 23.2 Å². The average Bonchev–Trinajstić information content (AvgIpc) is 2.28. The largest absolute Gasteiger partial charge is 0.363 e. The van der Waals surface area contributed by atoms with Gasteiger partial charge >= 0.3 is 0 Å². The number of rotatable bonds is 3. The van der Waals surface area contributed by atoms with Gasteiger partial charge in [-0.15, -0.1) is 0 Å². The standard InChI is InChI=1S/C13H13Cl2N3/c1-8(10-3-5-11(14)6-4-10)16-13-7-12(15)17-9(2)18-13/h3-8H,1-2H3,(H,16,17,18). The summed E-state index contributed by atoms with van der Waals surface area (Å²) >= 11 is 11.8. The van der Waals surface area contributed by atoms with E-state index in [9.17, 15) is 0 Å². The van der Waals surface area contributed by atoms with E-state index in [1.807, 2.05) is 31.2 Å². The molecule has 0 saturated heterocycles. The molecular weight excluding hydrogens is 269 g/mol. The molecule has 0 bridgehead atoms. The van der Waals surface area contributed by atoms with Crippen molar-refractivity contribution in [3.8, 4) is 0 Å². The maximum absolute atomic E-state index is 5.89. The van der Waals surface area contributed by atoms with Crippen LogP contribution in [0.1, 0.15) is 24.4 Å². The van der Waals surface area contributed by atoms with Crippen molar-refractivity contribution in [1.82, 2.24) is 9.97 Å². The number of halogens is 2. The summed E-state index contributed by atoms with van der Waals surface area (Å²) in [5, 5.41) is 4.45. The molecule has 0 aliphatic carbocycles. The molecule has 0 aliphatic rings. The van der Waals surface area contributed by atoms with Gasteiger partial charge in [-0.25, -0.2) is 9.97 Å². The van der Waals surface area contributed by atoms with Gasteiger partial charge < -0.3 is 5.32 Å². The molecule has 18 heavy (non-hydrogen) atoms. The number of aromatic nitrogens is 2. The van der Waals surface area contributed by atoms with Crippen LogP contribution in [0.3, 0.4) is 0 Å². The lowest BCUT2D eigenvalue weighted by Gasteiger charge is -2.15. The maximum Gasteiger partial charge on any atom is 0.134 e. The van der Waals surface area contributed by atoms with E-state index in [1.54, 1.807) is 6.07 Å². The lowest BCUT2D eigenvalue weighted by Crippen LogP contribution is -2.08. The fourth-order valence-electron chi connectivity index (χ4n) is 1.66. The Labute approximate surface area is 116 Å². The molecule has 0 saturated carbocycles. The maximum atomic E-state index is 5.89. The highest BCUT2D eigenvalue weighted by Crippen LogP contribution is 2.21. The smallest absolute Gasteiger partial charge is 0.134 e. The van der Waals surface area contributed by atoms with E-state index in [0.29, 0.717) is 11.0 Å². The van der Waals surface area contributed by atoms with Gasteiger partial charge in [0.1, 0.15) is 16.8 Å². The van der Waals surface area contributed by atoms with Gasteiger partial charge in [0.25, 0.3) is 0 Å². The fourth-order valence-corrected chi connectivity index (χ4v) is 2.01. The van der Waals surface area contributed by atoms with Crippen molar-refractivity contribution in [2.45, 2.75) is 19.9 Å². The average molecular weight is 282 g/mol. The third kappa shape index (κ3) is 3.34. The summed E-state index contributed by atoms with van der Waals surface area (Å²) in [5.74, 6) is 1.36. The highest BCUT2D eigenvalue weighted by atomic mass is 35.5. The van der Waals surface area contributed by atoms with Crippen LogP contribution < -0.4 is 5.32 Å². The number of nitrogens with one attached hydrogen (secondary N) is 1. The molecule has 1 unspecified atom stereocenters. The number of anilines is 1. The summed E-state index contributed by atoms with van der Waals surface area (Å²) < 4.78 is 0. The Morgan fingerprint density at radius 2 is 1.78 bits per heavy atom. The molecule has 1 heterocycles. The first-order valence-electron chi connectivity index (χ1n) is 5.58. The molecule has 0 aliphatic heterocycles. The van der Waals surface area contributed by atoms with Crippen LogP contribution in [0.5, 0.6) is 0 Å². The Bertz CT molecular complexity index is 520. The summed E-state index contributed by atoms with van der Waals surface area (Å²) in [6, 6.07) is 9.53. The van der Waals surface area contributed by atoms with E-state index < -0.39 is 0 Å². The summed E-state index contributed by atoms with van der Waals surface area (Å²) in [7, 11) is 0. The number of hydrogen-bond donors (Lipinski definition) is 1. The number of nitrogens with zero attached hydrogens (tertiary/aromatic N) is 2. The minimum atomic E-state index is 0.118. The van der Waals surface area contributed by atoms with E-state index in [-0.39, 0.29) is 6.04 Å². The molecule has 1 aromatic carbocycles. The zero-order valence-electron chi connectivity index (χ0n) is 10.1. The molecule has 3 nitrogen and oxygen atoms in total. The Kier molecular flexibility index (Phi) is 4.04. The van der Waals surface area contributed by atoms with E-state index >= 15 is 0 Å². The molecule has 0 fully saturated rings. The van der Waals surface area contributed by atoms with Crippen LogP contribution in [-0.2, 0) is 0 Å². The van der Waals surface area contributed by atoms with Crippen LogP contribution in [0.25, 0.3) is 0 Å². The van der Waals surface area contributed by atoms with Crippen LogP contribution in [0.15, 0.2) is 30.3 Å². The monoisotopic (exact) mass is 281 g/mol. The molecule has 0 amide bonds. The van der Waals surface area contributed by atoms with Crippen molar-refractivity contribution >= 4 is 29.0 Å². The molecule has 2 aromatic rings. The topological polar surface area (TPSA) is 37.8 Å². The van der Waals surface area contributed by atoms with Gasteiger partial charge in [0.05, 0.1) is 0 Å². The Morgan fingerprint density at radius 3 is 2.39 bits per heavy atom. The summed E-state index contributed by atoms with van der Waals surface area (Å²) in [6.45, 7) is 3.86. The second-order valence-electron chi connectivity index (χ2n) is 4.04. The van der Waals surface area contributed by atoms with Crippen molar-refractivity contribution < 1.29 is 0 Å². The Hall–Kier alpha value is -1.32.